The third kappa shape index (κ3) is 4.65. The molecule has 0 aliphatic carbocycles. The van der Waals surface area contributed by atoms with Gasteiger partial charge in [-0.3, -0.25) is 10.1 Å². The van der Waals surface area contributed by atoms with Gasteiger partial charge in [-0.15, -0.1) is 0 Å². The first kappa shape index (κ1) is 23.8. The number of amides is 1. The fraction of sp³-hybridized carbons (Fsp3) is 0.125. The Morgan fingerprint density at radius 1 is 1.06 bits per heavy atom. The first-order chi connectivity index (χ1) is 16.3. The van der Waals surface area contributed by atoms with Crippen molar-refractivity contribution in [1.29, 1.82) is 0 Å². The molecule has 1 heterocycles. The normalized spacial score (nSPS) is 10.7. The van der Waals surface area contributed by atoms with E-state index in [-0.39, 0.29) is 10.7 Å². The van der Waals surface area contributed by atoms with Crippen molar-refractivity contribution in [3.8, 4) is 23.0 Å². The van der Waals surface area contributed by atoms with Crippen molar-refractivity contribution >= 4 is 63.2 Å². The van der Waals surface area contributed by atoms with Gasteiger partial charge in [-0.1, -0.05) is 35.3 Å². The van der Waals surface area contributed by atoms with Crippen molar-refractivity contribution in [1.82, 2.24) is 10.3 Å². The van der Waals surface area contributed by atoms with Gasteiger partial charge in [0.1, 0.15) is 22.6 Å². The van der Waals surface area contributed by atoms with E-state index in [2.05, 4.69) is 15.6 Å². The molecule has 4 rings (SSSR count). The molecule has 0 fully saturated rings. The highest BCUT2D eigenvalue weighted by Crippen LogP contribution is 2.34. The van der Waals surface area contributed by atoms with Crippen LogP contribution in [0.25, 0.3) is 22.6 Å². The van der Waals surface area contributed by atoms with E-state index in [1.54, 1.807) is 30.3 Å². The molecule has 0 saturated heterocycles. The number of aromatic nitrogens is 1. The number of nitrogens with one attached hydrogen (secondary N) is 2. The van der Waals surface area contributed by atoms with Crippen LogP contribution < -0.4 is 20.1 Å². The minimum absolute atomic E-state index is 0.102. The molecule has 0 atom stereocenters. The number of fused-ring (bicyclic) bond motifs is 1. The SMILES string of the molecule is COc1cccc(OC)c1C(=O)NC(=S)Nc1cccc(-c2nc3cc(Cl)cc(Cl)c3o2)c1C. The molecule has 0 unspecified atom stereocenters. The minimum atomic E-state index is -0.467. The van der Waals surface area contributed by atoms with Gasteiger partial charge in [0.05, 0.1) is 19.2 Å². The van der Waals surface area contributed by atoms with Crippen molar-refractivity contribution < 1.29 is 18.7 Å². The van der Waals surface area contributed by atoms with Crippen LogP contribution in [0.15, 0.2) is 52.9 Å². The monoisotopic (exact) mass is 515 g/mol. The largest absolute Gasteiger partial charge is 0.496 e. The van der Waals surface area contributed by atoms with Gasteiger partial charge < -0.3 is 19.2 Å². The Bertz CT molecular complexity index is 1400. The van der Waals surface area contributed by atoms with Crippen molar-refractivity contribution in [2.75, 3.05) is 19.5 Å². The Labute approximate surface area is 211 Å². The predicted octanol–water partition coefficient (Wildman–Crippen LogP) is 6.25. The molecule has 0 aliphatic rings. The molecule has 0 aliphatic heterocycles. The van der Waals surface area contributed by atoms with Gasteiger partial charge in [0.25, 0.3) is 5.91 Å². The number of methoxy groups -OCH3 is 2. The van der Waals surface area contributed by atoms with Crippen molar-refractivity contribution in [2.24, 2.45) is 0 Å². The number of rotatable bonds is 5. The third-order valence-electron chi connectivity index (χ3n) is 5.10. The molecule has 3 aromatic carbocycles. The van der Waals surface area contributed by atoms with E-state index in [0.29, 0.717) is 44.2 Å². The van der Waals surface area contributed by atoms with Gasteiger partial charge in [0.2, 0.25) is 5.89 Å². The number of oxazole rings is 1. The van der Waals surface area contributed by atoms with E-state index in [9.17, 15) is 4.79 Å². The molecule has 7 nitrogen and oxygen atoms in total. The summed E-state index contributed by atoms with van der Waals surface area (Å²) < 4.78 is 16.5. The van der Waals surface area contributed by atoms with Gasteiger partial charge >= 0.3 is 0 Å². The molecule has 0 bridgehead atoms. The average molecular weight is 516 g/mol. The van der Waals surface area contributed by atoms with Crippen LogP contribution in [0.1, 0.15) is 15.9 Å². The van der Waals surface area contributed by atoms with Crippen LogP contribution in [0.4, 0.5) is 5.69 Å². The summed E-state index contributed by atoms with van der Waals surface area (Å²) in [5.41, 5.74) is 3.45. The Morgan fingerprint density at radius 2 is 1.74 bits per heavy atom. The highest BCUT2D eigenvalue weighted by atomic mass is 35.5. The summed E-state index contributed by atoms with van der Waals surface area (Å²) in [6, 6.07) is 13.9. The molecular formula is C24H19Cl2N3O4S. The maximum atomic E-state index is 12.9. The zero-order valence-electron chi connectivity index (χ0n) is 18.4. The fourth-order valence-corrected chi connectivity index (χ4v) is 4.20. The van der Waals surface area contributed by atoms with E-state index in [1.165, 1.54) is 14.2 Å². The van der Waals surface area contributed by atoms with Gasteiger partial charge in [0.15, 0.2) is 10.7 Å². The maximum absolute atomic E-state index is 12.9. The van der Waals surface area contributed by atoms with Crippen LogP contribution in [0, 0.1) is 6.92 Å². The number of benzene rings is 3. The third-order valence-corrected chi connectivity index (χ3v) is 5.81. The molecule has 1 aromatic heterocycles. The Morgan fingerprint density at radius 3 is 2.41 bits per heavy atom. The lowest BCUT2D eigenvalue weighted by Crippen LogP contribution is -2.34. The molecule has 1 amide bonds. The molecule has 0 radical (unpaired) electrons. The number of nitrogens with zero attached hydrogens (tertiary/aromatic N) is 1. The lowest BCUT2D eigenvalue weighted by Gasteiger charge is -2.15. The van der Waals surface area contributed by atoms with E-state index < -0.39 is 5.91 Å². The zero-order chi connectivity index (χ0) is 24.4. The first-order valence-corrected chi connectivity index (χ1v) is 11.2. The number of hydrogen-bond donors (Lipinski definition) is 2. The number of ether oxygens (including phenoxy) is 2. The Balaban J connectivity index is 1.58. The maximum Gasteiger partial charge on any atom is 0.264 e. The number of halogens is 2. The van der Waals surface area contributed by atoms with E-state index >= 15 is 0 Å². The number of thiocarbonyl (C=S) groups is 1. The second kappa shape index (κ2) is 9.89. The van der Waals surface area contributed by atoms with Gasteiger partial charge in [-0.25, -0.2) is 4.98 Å². The lowest BCUT2D eigenvalue weighted by molar-refractivity contribution is 0.0971. The van der Waals surface area contributed by atoms with Crippen LogP contribution in [0.3, 0.4) is 0 Å². The van der Waals surface area contributed by atoms with E-state index in [1.807, 2.05) is 25.1 Å². The van der Waals surface area contributed by atoms with Gasteiger partial charge in [0, 0.05) is 16.3 Å². The van der Waals surface area contributed by atoms with E-state index in [0.717, 1.165) is 11.1 Å². The number of carbonyl (C=O) groups excluding carboxylic acids is 1. The predicted molar refractivity (Wildman–Crippen MR) is 137 cm³/mol. The van der Waals surface area contributed by atoms with Gasteiger partial charge in [-0.2, -0.15) is 0 Å². The molecule has 10 heteroatoms. The Hall–Kier alpha value is -3.33. The Kier molecular flexibility index (Phi) is 6.92. The highest BCUT2D eigenvalue weighted by Gasteiger charge is 2.20. The summed E-state index contributed by atoms with van der Waals surface area (Å²) in [7, 11) is 2.95. The van der Waals surface area contributed by atoms with Crippen molar-refractivity contribution in [2.45, 2.75) is 6.92 Å². The summed E-state index contributed by atoms with van der Waals surface area (Å²) >= 11 is 17.7. The summed E-state index contributed by atoms with van der Waals surface area (Å²) in [6.07, 6.45) is 0. The average Bonchev–Trinajstić information content (AvgIpc) is 3.23. The van der Waals surface area contributed by atoms with Crippen LogP contribution in [0.2, 0.25) is 10.0 Å². The van der Waals surface area contributed by atoms with Crippen LogP contribution in [0.5, 0.6) is 11.5 Å². The van der Waals surface area contributed by atoms with Crippen LogP contribution >= 0.6 is 35.4 Å². The topological polar surface area (TPSA) is 85.6 Å². The van der Waals surface area contributed by atoms with Crippen molar-refractivity contribution in [3.05, 3.63) is 69.7 Å². The van der Waals surface area contributed by atoms with E-state index in [4.69, 9.17) is 49.3 Å². The first-order valence-electron chi connectivity index (χ1n) is 10.0. The van der Waals surface area contributed by atoms with Crippen LogP contribution in [-0.4, -0.2) is 30.2 Å². The molecule has 174 valence electrons. The fourth-order valence-electron chi connectivity index (χ4n) is 3.47. The number of anilines is 1. The molecule has 0 saturated carbocycles. The second-order valence-corrected chi connectivity index (χ2v) is 8.43. The molecule has 34 heavy (non-hydrogen) atoms. The van der Waals surface area contributed by atoms with Gasteiger partial charge in [-0.05, 0) is 61.1 Å². The smallest absolute Gasteiger partial charge is 0.264 e. The summed E-state index contributed by atoms with van der Waals surface area (Å²) in [5, 5.41) is 6.67. The lowest BCUT2D eigenvalue weighted by atomic mass is 10.1. The molecule has 2 N–H and O–H groups in total. The standard InChI is InChI=1S/C24H19Cl2N3O4S/c1-12-14(23-27-17-11-13(25)10-15(26)21(17)33-23)6-4-7-16(12)28-24(34)29-22(30)20-18(31-2)8-5-9-19(20)32-3/h4-11H,1-3H3,(H2,28,29,30,34). The molecule has 0 spiro atoms. The molecule has 4 aromatic rings. The minimum Gasteiger partial charge on any atom is -0.496 e. The molecular weight excluding hydrogens is 497 g/mol. The summed E-state index contributed by atoms with van der Waals surface area (Å²) in [6.45, 7) is 1.88. The summed E-state index contributed by atoms with van der Waals surface area (Å²) in [5.74, 6) is 0.653. The zero-order valence-corrected chi connectivity index (χ0v) is 20.7. The number of carbonyl (C=O) groups is 1. The highest BCUT2D eigenvalue weighted by molar-refractivity contribution is 7.80. The second-order valence-electron chi connectivity index (χ2n) is 7.18. The summed E-state index contributed by atoms with van der Waals surface area (Å²) in [4.78, 5) is 17.4. The van der Waals surface area contributed by atoms with Crippen molar-refractivity contribution in [3.63, 3.8) is 0 Å². The van der Waals surface area contributed by atoms with Crippen LogP contribution in [-0.2, 0) is 0 Å². The quantitative estimate of drug-likeness (QED) is 0.303. The number of hydrogen-bond acceptors (Lipinski definition) is 6.